The number of carbonyl (C=O) groups excluding carboxylic acids is 2. The normalized spacial score (nSPS) is 12.6. The molecule has 0 aliphatic carbocycles. The number of carbonyl (C=O) groups is 2. The summed E-state index contributed by atoms with van der Waals surface area (Å²) >= 11 is 0. The third kappa shape index (κ3) is 6.26. The molecule has 0 saturated heterocycles. The number of nitrogens with one attached hydrogen (secondary N) is 1. The largest absolute Gasteiger partial charge is 0.416 e. The topological polar surface area (TPSA) is 49.4 Å². The Morgan fingerprint density at radius 1 is 1.07 bits per heavy atom. The minimum Gasteiger partial charge on any atom is -0.341 e. The summed E-state index contributed by atoms with van der Waals surface area (Å²) in [6.07, 6.45) is -1.42. The van der Waals surface area contributed by atoms with Crippen molar-refractivity contribution in [2.24, 2.45) is 0 Å². The lowest BCUT2D eigenvalue weighted by Gasteiger charge is -2.22. The third-order valence-corrected chi connectivity index (χ3v) is 4.03. The maximum Gasteiger partial charge on any atom is 0.416 e. The molecule has 0 aliphatic rings. The molecule has 0 heterocycles. The van der Waals surface area contributed by atoms with E-state index in [1.807, 2.05) is 30.3 Å². The first-order chi connectivity index (χ1) is 13.2. The molecule has 2 amide bonds. The SMILES string of the molecule is CC(NC(=O)/C=C/c1ccccc1)C(=O)N(C)Cc1ccc(C(F)(F)F)cc1. The zero-order chi connectivity index (χ0) is 20.7. The molecule has 0 aliphatic heterocycles. The van der Waals surface area contributed by atoms with E-state index >= 15 is 0 Å². The van der Waals surface area contributed by atoms with E-state index < -0.39 is 23.7 Å². The highest BCUT2D eigenvalue weighted by atomic mass is 19.4. The first-order valence-electron chi connectivity index (χ1n) is 8.61. The molecule has 1 unspecified atom stereocenters. The Kier molecular flexibility index (Phi) is 6.98. The lowest BCUT2D eigenvalue weighted by molar-refractivity contribution is -0.137. The van der Waals surface area contributed by atoms with Crippen LogP contribution in [0.3, 0.4) is 0 Å². The van der Waals surface area contributed by atoms with Gasteiger partial charge in [-0.3, -0.25) is 9.59 Å². The predicted molar refractivity (Wildman–Crippen MR) is 101 cm³/mol. The van der Waals surface area contributed by atoms with Crippen LogP contribution in [0.25, 0.3) is 6.08 Å². The molecule has 0 radical (unpaired) electrons. The predicted octanol–water partition coefficient (Wildman–Crippen LogP) is 3.88. The Bertz CT molecular complexity index is 831. The van der Waals surface area contributed by atoms with Gasteiger partial charge in [0.05, 0.1) is 5.56 Å². The fourth-order valence-corrected chi connectivity index (χ4v) is 2.54. The molecular weight excluding hydrogens is 369 g/mol. The van der Waals surface area contributed by atoms with Gasteiger partial charge in [0.2, 0.25) is 11.8 Å². The number of amides is 2. The lowest BCUT2D eigenvalue weighted by atomic mass is 10.1. The van der Waals surface area contributed by atoms with Crippen molar-refractivity contribution < 1.29 is 22.8 Å². The van der Waals surface area contributed by atoms with Gasteiger partial charge in [0, 0.05) is 19.7 Å². The number of hydrogen-bond donors (Lipinski definition) is 1. The van der Waals surface area contributed by atoms with Crippen LogP contribution in [0.15, 0.2) is 60.7 Å². The summed E-state index contributed by atoms with van der Waals surface area (Å²) in [5.74, 6) is -0.756. The molecule has 1 atom stereocenters. The van der Waals surface area contributed by atoms with Crippen molar-refractivity contribution in [1.29, 1.82) is 0 Å². The number of hydrogen-bond acceptors (Lipinski definition) is 2. The first-order valence-corrected chi connectivity index (χ1v) is 8.61. The van der Waals surface area contributed by atoms with Crippen molar-refractivity contribution in [3.05, 3.63) is 77.4 Å². The molecule has 2 rings (SSSR count). The summed E-state index contributed by atoms with van der Waals surface area (Å²) in [7, 11) is 1.53. The van der Waals surface area contributed by atoms with Gasteiger partial charge in [-0.15, -0.1) is 0 Å². The standard InChI is InChI=1S/C21H21F3N2O2/c1-15(25-19(27)13-10-16-6-4-3-5-7-16)20(28)26(2)14-17-8-11-18(12-9-17)21(22,23)24/h3-13,15H,14H2,1-2H3,(H,25,27)/b13-10+. The minimum atomic E-state index is -4.40. The Balaban J connectivity index is 1.89. The van der Waals surface area contributed by atoms with E-state index in [1.165, 1.54) is 30.2 Å². The van der Waals surface area contributed by atoms with Gasteiger partial charge in [0.25, 0.3) is 0 Å². The molecule has 2 aromatic rings. The van der Waals surface area contributed by atoms with Crippen LogP contribution in [0, 0.1) is 0 Å². The van der Waals surface area contributed by atoms with Crippen LogP contribution in [-0.2, 0) is 22.3 Å². The second-order valence-corrected chi connectivity index (χ2v) is 6.36. The van der Waals surface area contributed by atoms with Gasteiger partial charge in [-0.1, -0.05) is 42.5 Å². The van der Waals surface area contributed by atoms with Crippen LogP contribution in [0.1, 0.15) is 23.6 Å². The molecule has 0 fully saturated rings. The Hall–Kier alpha value is -3.09. The van der Waals surface area contributed by atoms with Crippen molar-refractivity contribution in [3.8, 4) is 0 Å². The second-order valence-electron chi connectivity index (χ2n) is 6.36. The molecule has 0 spiro atoms. The maximum absolute atomic E-state index is 12.6. The average molecular weight is 390 g/mol. The highest BCUT2D eigenvalue weighted by molar-refractivity contribution is 5.95. The molecule has 28 heavy (non-hydrogen) atoms. The van der Waals surface area contributed by atoms with E-state index in [4.69, 9.17) is 0 Å². The van der Waals surface area contributed by atoms with Gasteiger partial charge < -0.3 is 10.2 Å². The smallest absolute Gasteiger partial charge is 0.341 e. The zero-order valence-corrected chi connectivity index (χ0v) is 15.5. The summed E-state index contributed by atoms with van der Waals surface area (Å²) in [5.41, 5.74) is 0.679. The molecule has 0 aromatic heterocycles. The van der Waals surface area contributed by atoms with Gasteiger partial charge in [-0.25, -0.2) is 0 Å². The summed E-state index contributed by atoms with van der Waals surface area (Å²) in [4.78, 5) is 25.7. The molecule has 1 N–H and O–H groups in total. The lowest BCUT2D eigenvalue weighted by Crippen LogP contribution is -2.44. The van der Waals surface area contributed by atoms with Crippen molar-refractivity contribution in [2.75, 3.05) is 7.05 Å². The molecule has 4 nitrogen and oxygen atoms in total. The number of halogens is 3. The average Bonchev–Trinajstić information content (AvgIpc) is 2.66. The Morgan fingerprint density at radius 3 is 2.25 bits per heavy atom. The maximum atomic E-state index is 12.6. The molecule has 2 aromatic carbocycles. The number of nitrogens with zero attached hydrogens (tertiary/aromatic N) is 1. The molecule has 7 heteroatoms. The van der Waals surface area contributed by atoms with Crippen molar-refractivity contribution in [2.45, 2.75) is 25.7 Å². The first kappa shape index (κ1) is 21.2. The number of alkyl halides is 3. The fourth-order valence-electron chi connectivity index (χ4n) is 2.54. The summed E-state index contributed by atoms with van der Waals surface area (Å²) in [6.45, 7) is 1.69. The van der Waals surface area contributed by atoms with Gasteiger partial charge in [0.15, 0.2) is 0 Å². The zero-order valence-electron chi connectivity index (χ0n) is 15.5. The number of likely N-dealkylation sites (N-methyl/N-ethyl adjacent to an activating group) is 1. The van der Waals surface area contributed by atoms with Crippen LogP contribution in [0.5, 0.6) is 0 Å². The van der Waals surface area contributed by atoms with Crippen molar-refractivity contribution >= 4 is 17.9 Å². The van der Waals surface area contributed by atoms with Crippen LogP contribution in [0.4, 0.5) is 13.2 Å². The van der Waals surface area contributed by atoms with Gasteiger partial charge in [0.1, 0.15) is 6.04 Å². The number of rotatable bonds is 6. The van der Waals surface area contributed by atoms with Crippen LogP contribution >= 0.6 is 0 Å². The third-order valence-electron chi connectivity index (χ3n) is 4.03. The van der Waals surface area contributed by atoms with Crippen molar-refractivity contribution in [1.82, 2.24) is 10.2 Å². The second kappa shape index (κ2) is 9.21. The summed E-state index contributed by atoms with van der Waals surface area (Å²) in [6, 6.07) is 13.1. The summed E-state index contributed by atoms with van der Waals surface area (Å²) in [5, 5.41) is 2.58. The monoisotopic (exact) mass is 390 g/mol. The van der Waals surface area contributed by atoms with Gasteiger partial charge in [-0.05, 0) is 36.3 Å². The van der Waals surface area contributed by atoms with Crippen LogP contribution < -0.4 is 5.32 Å². The van der Waals surface area contributed by atoms with Crippen LogP contribution in [-0.4, -0.2) is 29.8 Å². The van der Waals surface area contributed by atoms with E-state index in [0.717, 1.165) is 17.7 Å². The van der Waals surface area contributed by atoms with E-state index in [9.17, 15) is 22.8 Å². The molecule has 0 bridgehead atoms. The van der Waals surface area contributed by atoms with Gasteiger partial charge in [-0.2, -0.15) is 13.2 Å². The van der Waals surface area contributed by atoms with E-state index in [1.54, 1.807) is 13.0 Å². The molecular formula is C21H21F3N2O2. The van der Waals surface area contributed by atoms with Crippen molar-refractivity contribution in [3.63, 3.8) is 0 Å². The van der Waals surface area contributed by atoms with E-state index in [0.29, 0.717) is 5.56 Å². The number of benzene rings is 2. The van der Waals surface area contributed by atoms with E-state index in [-0.39, 0.29) is 12.5 Å². The quantitative estimate of drug-likeness (QED) is 0.761. The Labute approximate surface area is 161 Å². The van der Waals surface area contributed by atoms with Crippen LogP contribution in [0.2, 0.25) is 0 Å². The highest BCUT2D eigenvalue weighted by Gasteiger charge is 2.30. The minimum absolute atomic E-state index is 0.136. The summed E-state index contributed by atoms with van der Waals surface area (Å²) < 4.78 is 37.8. The highest BCUT2D eigenvalue weighted by Crippen LogP contribution is 2.29. The van der Waals surface area contributed by atoms with E-state index in [2.05, 4.69) is 5.32 Å². The fraction of sp³-hybridized carbons (Fsp3) is 0.238. The molecule has 148 valence electrons. The van der Waals surface area contributed by atoms with Gasteiger partial charge >= 0.3 is 6.18 Å². The Morgan fingerprint density at radius 2 is 1.68 bits per heavy atom. The molecule has 0 saturated carbocycles.